The van der Waals surface area contributed by atoms with Gasteiger partial charge in [-0.2, -0.15) is 0 Å². The zero-order valence-electron chi connectivity index (χ0n) is 14.4. The maximum absolute atomic E-state index is 5.47. The highest BCUT2D eigenvalue weighted by atomic mass is 16.5. The smallest absolute Gasteiger partial charge is 0.203 e. The Bertz CT molecular complexity index is 421. The summed E-state index contributed by atoms with van der Waals surface area (Å²) in [6.45, 7) is 4.45. The summed E-state index contributed by atoms with van der Waals surface area (Å²) in [5.74, 6) is 2.52. The lowest BCUT2D eigenvalue weighted by Gasteiger charge is -2.32. The predicted octanol–water partition coefficient (Wildman–Crippen LogP) is 3.55. The van der Waals surface area contributed by atoms with Crippen molar-refractivity contribution in [1.29, 1.82) is 0 Å². The second kappa shape index (κ2) is 8.13. The van der Waals surface area contributed by atoms with E-state index in [1.54, 1.807) is 21.3 Å². The van der Waals surface area contributed by atoms with Crippen molar-refractivity contribution in [3.05, 3.63) is 17.7 Å². The molecule has 1 rings (SSSR count). The molecule has 0 aromatic heterocycles. The molecule has 0 heterocycles. The molecule has 2 atom stereocenters. The van der Waals surface area contributed by atoms with Gasteiger partial charge in [0.1, 0.15) is 0 Å². The van der Waals surface area contributed by atoms with Crippen molar-refractivity contribution < 1.29 is 14.2 Å². The Kier molecular flexibility index (Phi) is 6.82. The monoisotopic (exact) mass is 295 g/mol. The van der Waals surface area contributed by atoms with Crippen LogP contribution in [0.4, 0.5) is 0 Å². The molecule has 0 spiro atoms. The van der Waals surface area contributed by atoms with Crippen LogP contribution in [0.3, 0.4) is 0 Å². The molecule has 1 aromatic rings. The molecule has 4 nitrogen and oxygen atoms in total. The third-order valence-electron chi connectivity index (χ3n) is 4.10. The average Bonchev–Trinajstić information content (AvgIpc) is 2.50. The van der Waals surface area contributed by atoms with Gasteiger partial charge in [-0.1, -0.05) is 13.8 Å². The normalized spacial score (nSPS) is 13.9. The van der Waals surface area contributed by atoms with Crippen molar-refractivity contribution in [1.82, 2.24) is 4.90 Å². The van der Waals surface area contributed by atoms with Gasteiger partial charge in [-0.15, -0.1) is 0 Å². The largest absolute Gasteiger partial charge is 0.493 e. The first-order valence-corrected chi connectivity index (χ1v) is 7.50. The quantitative estimate of drug-likeness (QED) is 0.734. The summed E-state index contributed by atoms with van der Waals surface area (Å²) < 4.78 is 16.3. The van der Waals surface area contributed by atoms with Gasteiger partial charge in [-0.3, -0.25) is 0 Å². The summed E-state index contributed by atoms with van der Waals surface area (Å²) in [5, 5.41) is 0. The number of nitrogens with zero attached hydrogens (tertiary/aromatic N) is 1. The van der Waals surface area contributed by atoms with Crippen molar-refractivity contribution in [3.63, 3.8) is 0 Å². The van der Waals surface area contributed by atoms with E-state index in [4.69, 9.17) is 14.2 Å². The molecule has 0 bridgehead atoms. The van der Waals surface area contributed by atoms with Gasteiger partial charge >= 0.3 is 0 Å². The molecule has 0 aliphatic carbocycles. The van der Waals surface area contributed by atoms with E-state index in [1.165, 1.54) is 5.56 Å². The van der Waals surface area contributed by atoms with Crippen molar-refractivity contribution in [2.75, 3.05) is 35.4 Å². The average molecular weight is 295 g/mol. The molecule has 0 aliphatic rings. The SMILES string of the molecule is CCC(c1cc(OC)c(OC)c(OC)c1)C(CC)N(C)C. The van der Waals surface area contributed by atoms with Gasteiger partial charge < -0.3 is 19.1 Å². The van der Waals surface area contributed by atoms with Gasteiger partial charge in [0, 0.05) is 6.04 Å². The first-order valence-electron chi connectivity index (χ1n) is 7.50. The molecule has 120 valence electrons. The van der Waals surface area contributed by atoms with Crippen LogP contribution in [0.5, 0.6) is 17.2 Å². The van der Waals surface area contributed by atoms with Crippen molar-refractivity contribution in [3.8, 4) is 17.2 Å². The van der Waals surface area contributed by atoms with E-state index in [0.717, 1.165) is 24.3 Å². The minimum Gasteiger partial charge on any atom is -0.493 e. The standard InChI is InChI=1S/C17H29NO3/c1-8-13(14(9-2)18(3)4)12-10-15(19-5)17(21-7)16(11-12)20-6/h10-11,13-14H,8-9H2,1-7H3. The first-order chi connectivity index (χ1) is 10.0. The van der Waals surface area contributed by atoms with Crippen LogP contribution in [0.25, 0.3) is 0 Å². The van der Waals surface area contributed by atoms with Crippen LogP contribution in [0.15, 0.2) is 12.1 Å². The second-order valence-electron chi connectivity index (χ2n) is 5.41. The molecule has 0 radical (unpaired) electrons. The summed E-state index contributed by atoms with van der Waals surface area (Å²) >= 11 is 0. The van der Waals surface area contributed by atoms with Crippen LogP contribution in [0, 0.1) is 0 Å². The Morgan fingerprint density at radius 2 is 1.43 bits per heavy atom. The van der Waals surface area contributed by atoms with Crippen LogP contribution in [0.2, 0.25) is 0 Å². The number of hydrogen-bond donors (Lipinski definition) is 0. The number of hydrogen-bond acceptors (Lipinski definition) is 4. The Labute approximate surface area is 129 Å². The van der Waals surface area contributed by atoms with Crippen LogP contribution in [-0.4, -0.2) is 46.4 Å². The Hall–Kier alpha value is -1.42. The lowest BCUT2D eigenvalue weighted by molar-refractivity contribution is 0.240. The molecular weight excluding hydrogens is 266 g/mol. The van der Waals surface area contributed by atoms with Gasteiger partial charge in [0.25, 0.3) is 0 Å². The Balaban J connectivity index is 3.33. The zero-order valence-corrected chi connectivity index (χ0v) is 14.4. The predicted molar refractivity (Wildman–Crippen MR) is 86.9 cm³/mol. The molecule has 0 N–H and O–H groups in total. The van der Waals surface area contributed by atoms with E-state index in [9.17, 15) is 0 Å². The van der Waals surface area contributed by atoms with Gasteiger partial charge in [0.05, 0.1) is 21.3 Å². The van der Waals surface area contributed by atoms with Gasteiger partial charge in [-0.05, 0) is 50.6 Å². The van der Waals surface area contributed by atoms with Gasteiger partial charge in [0.15, 0.2) is 11.5 Å². The number of rotatable bonds is 8. The second-order valence-corrected chi connectivity index (χ2v) is 5.41. The molecule has 0 saturated carbocycles. The van der Waals surface area contributed by atoms with Gasteiger partial charge in [-0.25, -0.2) is 0 Å². The molecule has 21 heavy (non-hydrogen) atoms. The van der Waals surface area contributed by atoms with E-state index >= 15 is 0 Å². The van der Waals surface area contributed by atoms with E-state index in [-0.39, 0.29) is 0 Å². The van der Waals surface area contributed by atoms with Crippen molar-refractivity contribution >= 4 is 0 Å². The minimum absolute atomic E-state index is 0.429. The summed E-state index contributed by atoms with van der Waals surface area (Å²) in [6.07, 6.45) is 2.16. The summed E-state index contributed by atoms with van der Waals surface area (Å²) in [4.78, 5) is 2.29. The number of benzene rings is 1. The lowest BCUT2D eigenvalue weighted by atomic mass is 9.86. The number of likely N-dealkylation sites (N-methyl/N-ethyl adjacent to an activating group) is 1. The van der Waals surface area contributed by atoms with E-state index in [2.05, 4.69) is 45.0 Å². The molecular formula is C17H29NO3. The maximum atomic E-state index is 5.47. The highest BCUT2D eigenvalue weighted by Gasteiger charge is 2.25. The highest BCUT2D eigenvalue weighted by Crippen LogP contribution is 2.41. The molecule has 0 saturated heterocycles. The lowest BCUT2D eigenvalue weighted by Crippen LogP contribution is -2.33. The van der Waals surface area contributed by atoms with Crippen LogP contribution in [-0.2, 0) is 0 Å². The Morgan fingerprint density at radius 1 is 0.905 bits per heavy atom. The van der Waals surface area contributed by atoms with E-state index in [0.29, 0.717) is 17.7 Å². The third-order valence-corrected chi connectivity index (χ3v) is 4.10. The topological polar surface area (TPSA) is 30.9 Å². The van der Waals surface area contributed by atoms with E-state index < -0.39 is 0 Å². The van der Waals surface area contributed by atoms with Crippen LogP contribution in [0.1, 0.15) is 38.2 Å². The first kappa shape index (κ1) is 17.6. The molecule has 0 amide bonds. The van der Waals surface area contributed by atoms with Crippen LogP contribution < -0.4 is 14.2 Å². The highest BCUT2D eigenvalue weighted by molar-refractivity contribution is 5.54. The molecule has 1 aromatic carbocycles. The number of methoxy groups -OCH3 is 3. The van der Waals surface area contributed by atoms with Crippen LogP contribution >= 0.6 is 0 Å². The zero-order chi connectivity index (χ0) is 16.0. The molecule has 0 fully saturated rings. The third kappa shape index (κ3) is 3.82. The van der Waals surface area contributed by atoms with Crippen molar-refractivity contribution in [2.45, 2.75) is 38.6 Å². The fraction of sp³-hybridized carbons (Fsp3) is 0.647. The number of ether oxygens (including phenoxy) is 3. The van der Waals surface area contributed by atoms with Crippen molar-refractivity contribution in [2.24, 2.45) is 0 Å². The molecule has 4 heteroatoms. The summed E-state index contributed by atoms with van der Waals surface area (Å²) in [6, 6.07) is 4.63. The summed E-state index contributed by atoms with van der Waals surface area (Å²) in [7, 11) is 9.21. The molecule has 0 aliphatic heterocycles. The molecule has 2 unspecified atom stereocenters. The van der Waals surface area contributed by atoms with E-state index in [1.807, 2.05) is 0 Å². The fourth-order valence-electron chi connectivity index (χ4n) is 3.05. The Morgan fingerprint density at radius 3 is 1.71 bits per heavy atom. The minimum atomic E-state index is 0.429. The van der Waals surface area contributed by atoms with Gasteiger partial charge in [0.2, 0.25) is 5.75 Å². The summed E-state index contributed by atoms with van der Waals surface area (Å²) in [5.41, 5.74) is 1.23. The fourth-order valence-corrected chi connectivity index (χ4v) is 3.05. The maximum Gasteiger partial charge on any atom is 0.203 e.